The number of nitrogens with zero attached hydrogens (tertiary/aromatic N) is 3. The second-order valence-electron chi connectivity index (χ2n) is 4.09. The molecule has 0 bridgehead atoms. The van der Waals surface area contributed by atoms with Crippen molar-refractivity contribution < 1.29 is 9.90 Å². The van der Waals surface area contributed by atoms with Crippen molar-refractivity contribution in [3.05, 3.63) is 35.9 Å². The number of pyridine rings is 1. The SMILES string of the molecule is CCCn1ncc(-c2cnccc2C(=O)O)c1C. The van der Waals surface area contributed by atoms with Gasteiger partial charge in [0.1, 0.15) is 0 Å². The maximum Gasteiger partial charge on any atom is 0.336 e. The van der Waals surface area contributed by atoms with Gasteiger partial charge in [-0.2, -0.15) is 5.10 Å². The molecule has 0 saturated carbocycles. The molecule has 0 aliphatic heterocycles. The molecule has 0 unspecified atom stereocenters. The summed E-state index contributed by atoms with van der Waals surface area (Å²) in [4.78, 5) is 15.2. The highest BCUT2D eigenvalue weighted by atomic mass is 16.4. The number of aromatic carboxylic acids is 1. The van der Waals surface area contributed by atoms with Crippen molar-refractivity contribution in [2.75, 3.05) is 0 Å². The highest BCUT2D eigenvalue weighted by Crippen LogP contribution is 2.26. The van der Waals surface area contributed by atoms with Crippen LogP contribution in [-0.2, 0) is 6.54 Å². The van der Waals surface area contributed by atoms with Gasteiger partial charge in [0.2, 0.25) is 0 Å². The third-order valence-electron chi connectivity index (χ3n) is 2.88. The predicted molar refractivity (Wildman–Crippen MR) is 67.4 cm³/mol. The number of aromatic nitrogens is 3. The number of carbonyl (C=O) groups is 1. The van der Waals surface area contributed by atoms with Gasteiger partial charge in [0.05, 0.1) is 11.8 Å². The Morgan fingerprint density at radius 1 is 1.39 bits per heavy atom. The lowest BCUT2D eigenvalue weighted by atomic mass is 10.0. The normalized spacial score (nSPS) is 10.6. The van der Waals surface area contributed by atoms with E-state index >= 15 is 0 Å². The third kappa shape index (κ3) is 2.11. The molecule has 0 atom stereocenters. The fraction of sp³-hybridized carbons (Fsp3) is 0.308. The van der Waals surface area contributed by atoms with Crippen LogP contribution < -0.4 is 0 Å². The van der Waals surface area contributed by atoms with Gasteiger partial charge in [-0.1, -0.05) is 6.92 Å². The first-order valence-corrected chi connectivity index (χ1v) is 5.85. The van der Waals surface area contributed by atoms with Gasteiger partial charge >= 0.3 is 5.97 Å². The molecule has 5 nitrogen and oxygen atoms in total. The average molecular weight is 245 g/mol. The molecule has 0 saturated heterocycles. The van der Waals surface area contributed by atoms with E-state index in [4.69, 9.17) is 0 Å². The van der Waals surface area contributed by atoms with Crippen molar-refractivity contribution in [3.63, 3.8) is 0 Å². The van der Waals surface area contributed by atoms with Gasteiger partial charge in [0, 0.05) is 35.8 Å². The van der Waals surface area contributed by atoms with E-state index < -0.39 is 5.97 Å². The third-order valence-corrected chi connectivity index (χ3v) is 2.88. The average Bonchev–Trinajstić information content (AvgIpc) is 2.72. The number of carboxylic acid groups (broad SMARTS) is 1. The first-order valence-electron chi connectivity index (χ1n) is 5.85. The zero-order valence-electron chi connectivity index (χ0n) is 10.4. The summed E-state index contributed by atoms with van der Waals surface area (Å²) in [6.45, 7) is 4.85. The molecule has 2 heterocycles. The van der Waals surface area contributed by atoms with Crippen molar-refractivity contribution in [1.82, 2.24) is 14.8 Å². The van der Waals surface area contributed by atoms with E-state index in [1.165, 1.54) is 12.3 Å². The second-order valence-corrected chi connectivity index (χ2v) is 4.09. The molecular weight excluding hydrogens is 230 g/mol. The molecule has 0 radical (unpaired) electrons. The smallest absolute Gasteiger partial charge is 0.336 e. The van der Waals surface area contributed by atoms with Crippen LogP contribution in [0.1, 0.15) is 29.4 Å². The van der Waals surface area contributed by atoms with Gasteiger partial charge in [-0.25, -0.2) is 4.79 Å². The molecule has 0 fully saturated rings. The Labute approximate surface area is 105 Å². The van der Waals surface area contributed by atoms with Crippen LogP contribution in [0.5, 0.6) is 0 Å². The van der Waals surface area contributed by atoms with Crippen LogP contribution in [0.4, 0.5) is 0 Å². The summed E-state index contributed by atoms with van der Waals surface area (Å²) < 4.78 is 1.88. The van der Waals surface area contributed by atoms with Gasteiger partial charge in [-0.05, 0) is 19.4 Å². The number of carboxylic acids is 1. The van der Waals surface area contributed by atoms with Gasteiger partial charge < -0.3 is 5.11 Å². The van der Waals surface area contributed by atoms with Crippen LogP contribution in [0, 0.1) is 6.92 Å². The largest absolute Gasteiger partial charge is 0.478 e. The van der Waals surface area contributed by atoms with Crippen molar-refractivity contribution in [2.24, 2.45) is 0 Å². The predicted octanol–water partition coefficient (Wildman–Crippen LogP) is 2.36. The maximum absolute atomic E-state index is 11.2. The maximum atomic E-state index is 11.2. The van der Waals surface area contributed by atoms with Crippen LogP contribution >= 0.6 is 0 Å². The van der Waals surface area contributed by atoms with E-state index in [1.807, 2.05) is 11.6 Å². The highest BCUT2D eigenvalue weighted by molar-refractivity contribution is 5.95. The topological polar surface area (TPSA) is 68.0 Å². The van der Waals surface area contributed by atoms with Crippen molar-refractivity contribution in [1.29, 1.82) is 0 Å². The molecular formula is C13H15N3O2. The minimum Gasteiger partial charge on any atom is -0.478 e. The van der Waals surface area contributed by atoms with Crippen LogP contribution in [0.25, 0.3) is 11.1 Å². The zero-order chi connectivity index (χ0) is 13.1. The molecule has 5 heteroatoms. The molecule has 0 aliphatic rings. The molecule has 0 spiro atoms. The Morgan fingerprint density at radius 3 is 2.83 bits per heavy atom. The highest BCUT2D eigenvalue weighted by Gasteiger charge is 2.15. The Bertz CT molecular complexity index is 575. The van der Waals surface area contributed by atoms with Gasteiger partial charge in [-0.15, -0.1) is 0 Å². The van der Waals surface area contributed by atoms with E-state index in [-0.39, 0.29) is 5.56 Å². The van der Waals surface area contributed by atoms with Gasteiger partial charge in [0.15, 0.2) is 0 Å². The van der Waals surface area contributed by atoms with Crippen LogP contribution in [0.15, 0.2) is 24.7 Å². The van der Waals surface area contributed by atoms with Crippen molar-refractivity contribution >= 4 is 5.97 Å². The lowest BCUT2D eigenvalue weighted by Gasteiger charge is -2.06. The van der Waals surface area contributed by atoms with Crippen molar-refractivity contribution in [3.8, 4) is 11.1 Å². The molecule has 2 aromatic rings. The van der Waals surface area contributed by atoms with E-state index in [0.717, 1.165) is 24.2 Å². The summed E-state index contributed by atoms with van der Waals surface area (Å²) >= 11 is 0. The number of rotatable bonds is 4. The lowest BCUT2D eigenvalue weighted by Crippen LogP contribution is -2.03. The van der Waals surface area contributed by atoms with Crippen molar-refractivity contribution in [2.45, 2.75) is 26.8 Å². The van der Waals surface area contributed by atoms with E-state index in [2.05, 4.69) is 17.0 Å². The Hall–Kier alpha value is -2.17. The molecule has 0 amide bonds. The Kier molecular flexibility index (Phi) is 3.41. The minimum absolute atomic E-state index is 0.254. The first kappa shape index (κ1) is 12.3. The summed E-state index contributed by atoms with van der Waals surface area (Å²) in [6.07, 6.45) is 5.75. The molecule has 0 aromatic carbocycles. The molecule has 94 valence electrons. The van der Waals surface area contributed by atoms with Crippen LogP contribution in [0.3, 0.4) is 0 Å². The summed E-state index contributed by atoms with van der Waals surface area (Å²) in [6, 6.07) is 1.51. The van der Waals surface area contributed by atoms with E-state index in [9.17, 15) is 9.90 Å². The Balaban J connectivity index is 2.52. The summed E-state index contributed by atoms with van der Waals surface area (Å²) in [5, 5.41) is 13.5. The molecule has 1 N–H and O–H groups in total. The monoisotopic (exact) mass is 245 g/mol. The fourth-order valence-corrected chi connectivity index (χ4v) is 1.94. The van der Waals surface area contributed by atoms with Gasteiger partial charge in [-0.3, -0.25) is 9.67 Å². The zero-order valence-corrected chi connectivity index (χ0v) is 10.4. The van der Waals surface area contributed by atoms with Gasteiger partial charge in [0.25, 0.3) is 0 Å². The minimum atomic E-state index is -0.949. The summed E-state index contributed by atoms with van der Waals surface area (Å²) in [5.74, 6) is -0.949. The first-order chi connectivity index (χ1) is 8.65. The quantitative estimate of drug-likeness (QED) is 0.897. The summed E-state index contributed by atoms with van der Waals surface area (Å²) in [5.41, 5.74) is 2.66. The van der Waals surface area contributed by atoms with E-state index in [0.29, 0.717) is 5.56 Å². The van der Waals surface area contributed by atoms with Crippen LogP contribution in [-0.4, -0.2) is 25.8 Å². The molecule has 18 heavy (non-hydrogen) atoms. The number of aryl methyl sites for hydroxylation is 1. The summed E-state index contributed by atoms with van der Waals surface area (Å²) in [7, 11) is 0. The fourth-order valence-electron chi connectivity index (χ4n) is 1.94. The van der Waals surface area contributed by atoms with Crippen LogP contribution in [0.2, 0.25) is 0 Å². The number of hydrogen-bond donors (Lipinski definition) is 1. The molecule has 2 rings (SSSR count). The number of hydrogen-bond acceptors (Lipinski definition) is 3. The van der Waals surface area contributed by atoms with E-state index in [1.54, 1.807) is 12.4 Å². The molecule has 0 aliphatic carbocycles. The Morgan fingerprint density at radius 2 is 2.17 bits per heavy atom. The molecule has 2 aromatic heterocycles. The second kappa shape index (κ2) is 5.00. The standard InChI is InChI=1S/C13H15N3O2/c1-3-6-16-9(2)11(8-15-16)12-7-14-5-4-10(12)13(17)18/h4-5,7-8H,3,6H2,1-2H3,(H,17,18). The lowest BCUT2D eigenvalue weighted by molar-refractivity contribution is 0.0697.